The number of anilines is 1. The van der Waals surface area contributed by atoms with Gasteiger partial charge in [0.1, 0.15) is 11.6 Å². The molecule has 1 aliphatic carbocycles. The number of hydrogen-bond acceptors (Lipinski definition) is 5. The Hall–Kier alpha value is -2.54. The zero-order valence-corrected chi connectivity index (χ0v) is 13.5. The number of amides is 1. The second-order valence-corrected chi connectivity index (χ2v) is 6.89. The molecular formula is C17H14FN3O2S. The Bertz CT molecular complexity index is 868. The number of carbonyl (C=O) groups excluding carboxylic acids is 1. The Balaban J connectivity index is 1.40. The molecule has 3 aromatic rings. The van der Waals surface area contributed by atoms with Gasteiger partial charge in [-0.25, -0.2) is 9.37 Å². The molecule has 0 spiro atoms. The van der Waals surface area contributed by atoms with E-state index >= 15 is 0 Å². The van der Waals surface area contributed by atoms with Crippen LogP contribution in [0.3, 0.4) is 0 Å². The first-order chi connectivity index (χ1) is 11.7. The van der Waals surface area contributed by atoms with Crippen LogP contribution < -0.4 is 5.32 Å². The largest absolute Gasteiger partial charge is 0.360 e. The normalized spacial score (nSPS) is 13.9. The van der Waals surface area contributed by atoms with Crippen molar-refractivity contribution in [2.24, 2.45) is 0 Å². The lowest BCUT2D eigenvalue weighted by molar-refractivity contribution is 0.101. The predicted octanol–water partition coefficient (Wildman–Crippen LogP) is 3.99. The van der Waals surface area contributed by atoms with Gasteiger partial charge in [0.25, 0.3) is 5.91 Å². The van der Waals surface area contributed by atoms with Crippen molar-refractivity contribution in [2.75, 3.05) is 5.32 Å². The molecule has 1 N–H and O–H groups in total. The van der Waals surface area contributed by atoms with E-state index in [0.717, 1.165) is 29.0 Å². The van der Waals surface area contributed by atoms with Gasteiger partial charge in [-0.2, -0.15) is 0 Å². The van der Waals surface area contributed by atoms with E-state index in [1.807, 2.05) is 0 Å². The maximum absolute atomic E-state index is 12.9. The lowest BCUT2D eigenvalue weighted by Gasteiger charge is -1.98. The smallest absolute Gasteiger partial charge is 0.279 e. The fourth-order valence-corrected chi connectivity index (χ4v) is 3.21. The fourth-order valence-electron chi connectivity index (χ4n) is 2.37. The molecule has 0 radical (unpaired) electrons. The summed E-state index contributed by atoms with van der Waals surface area (Å²) in [5, 5.41) is 7.05. The number of halogens is 1. The minimum absolute atomic E-state index is 0.255. The number of thiazole rings is 1. The van der Waals surface area contributed by atoms with Gasteiger partial charge in [0.05, 0.1) is 0 Å². The van der Waals surface area contributed by atoms with Gasteiger partial charge in [0, 0.05) is 29.5 Å². The third kappa shape index (κ3) is 3.35. The Morgan fingerprint density at radius 1 is 1.33 bits per heavy atom. The van der Waals surface area contributed by atoms with Crippen LogP contribution in [-0.4, -0.2) is 16.0 Å². The molecule has 0 unspecified atom stereocenters. The Labute approximate surface area is 141 Å². The van der Waals surface area contributed by atoms with E-state index in [1.165, 1.54) is 23.5 Å². The van der Waals surface area contributed by atoms with Gasteiger partial charge < -0.3 is 4.52 Å². The van der Waals surface area contributed by atoms with E-state index in [2.05, 4.69) is 15.5 Å². The van der Waals surface area contributed by atoms with Gasteiger partial charge in [-0.1, -0.05) is 17.3 Å². The summed E-state index contributed by atoms with van der Waals surface area (Å²) in [6, 6.07) is 8.03. The number of carbonyl (C=O) groups is 1. The Kier molecular flexibility index (Phi) is 3.86. The average Bonchev–Trinajstić information content (AvgIpc) is 3.14. The molecule has 1 fully saturated rings. The van der Waals surface area contributed by atoms with E-state index in [1.54, 1.807) is 24.4 Å². The molecule has 2 heterocycles. The molecule has 4 rings (SSSR count). The van der Waals surface area contributed by atoms with Crippen molar-refractivity contribution in [3.05, 3.63) is 64.2 Å². The molecule has 1 amide bonds. The summed E-state index contributed by atoms with van der Waals surface area (Å²) in [5.41, 5.74) is 1.26. The van der Waals surface area contributed by atoms with Crippen molar-refractivity contribution in [1.82, 2.24) is 10.1 Å². The fraction of sp³-hybridized carbons (Fsp3) is 0.235. The van der Waals surface area contributed by atoms with Gasteiger partial charge in [0.15, 0.2) is 10.8 Å². The van der Waals surface area contributed by atoms with Crippen LogP contribution in [0, 0.1) is 5.82 Å². The number of nitrogens with zero attached hydrogens (tertiary/aromatic N) is 2. The summed E-state index contributed by atoms with van der Waals surface area (Å²) in [6.07, 6.45) is 4.54. The average molecular weight is 343 g/mol. The lowest BCUT2D eigenvalue weighted by Crippen LogP contribution is -2.11. The maximum atomic E-state index is 12.9. The highest BCUT2D eigenvalue weighted by Gasteiger charge is 2.29. The number of nitrogens with one attached hydrogen (secondary N) is 1. The van der Waals surface area contributed by atoms with Gasteiger partial charge in [-0.3, -0.25) is 10.1 Å². The molecule has 7 heteroatoms. The van der Waals surface area contributed by atoms with Crippen molar-refractivity contribution in [3.63, 3.8) is 0 Å². The van der Waals surface area contributed by atoms with Crippen LogP contribution in [-0.2, 0) is 6.42 Å². The second kappa shape index (κ2) is 6.16. The predicted molar refractivity (Wildman–Crippen MR) is 87.8 cm³/mol. The van der Waals surface area contributed by atoms with Crippen LogP contribution in [0.25, 0.3) is 0 Å². The summed E-state index contributed by atoms with van der Waals surface area (Å²) in [6.45, 7) is 0. The molecule has 2 aromatic heterocycles. The molecule has 0 aliphatic heterocycles. The van der Waals surface area contributed by atoms with E-state index in [0.29, 0.717) is 17.5 Å². The maximum Gasteiger partial charge on any atom is 0.279 e. The molecule has 1 aromatic carbocycles. The minimum atomic E-state index is -0.326. The summed E-state index contributed by atoms with van der Waals surface area (Å²) < 4.78 is 18.1. The Morgan fingerprint density at radius 3 is 2.88 bits per heavy atom. The molecule has 0 atom stereocenters. The first-order valence-corrected chi connectivity index (χ1v) is 8.46. The van der Waals surface area contributed by atoms with Crippen LogP contribution in [0.4, 0.5) is 9.52 Å². The number of benzene rings is 1. The standard InChI is InChI=1S/C17H14FN3O2S/c18-12-5-1-10(2-6-12)7-13-9-19-17(24-13)20-16(22)14-8-15(23-21-14)11-3-4-11/h1-2,5-6,8-9,11H,3-4,7H2,(H,19,20,22). The van der Waals surface area contributed by atoms with Crippen LogP contribution in [0.5, 0.6) is 0 Å². The van der Waals surface area contributed by atoms with Crippen molar-refractivity contribution >= 4 is 22.4 Å². The zero-order chi connectivity index (χ0) is 16.5. The van der Waals surface area contributed by atoms with E-state index in [4.69, 9.17) is 4.52 Å². The minimum Gasteiger partial charge on any atom is -0.360 e. The quantitative estimate of drug-likeness (QED) is 0.760. The highest BCUT2D eigenvalue weighted by atomic mass is 32.1. The van der Waals surface area contributed by atoms with Crippen LogP contribution in [0.2, 0.25) is 0 Å². The summed E-state index contributed by atoms with van der Waals surface area (Å²) >= 11 is 1.39. The SMILES string of the molecule is O=C(Nc1ncc(Cc2ccc(F)cc2)s1)c1cc(C2CC2)on1. The molecule has 5 nitrogen and oxygen atoms in total. The number of aromatic nitrogens is 2. The molecule has 0 bridgehead atoms. The molecule has 1 saturated carbocycles. The van der Waals surface area contributed by atoms with Crippen LogP contribution in [0.15, 0.2) is 41.1 Å². The first kappa shape index (κ1) is 15.0. The molecular weight excluding hydrogens is 329 g/mol. The van der Waals surface area contributed by atoms with E-state index in [9.17, 15) is 9.18 Å². The second-order valence-electron chi connectivity index (χ2n) is 5.78. The zero-order valence-electron chi connectivity index (χ0n) is 12.7. The lowest BCUT2D eigenvalue weighted by atomic mass is 10.1. The summed E-state index contributed by atoms with van der Waals surface area (Å²) in [4.78, 5) is 17.4. The highest BCUT2D eigenvalue weighted by Crippen LogP contribution is 2.40. The topological polar surface area (TPSA) is 68.0 Å². The molecule has 1 aliphatic rings. The molecule has 24 heavy (non-hydrogen) atoms. The van der Waals surface area contributed by atoms with Gasteiger partial charge in [-0.15, -0.1) is 11.3 Å². The van der Waals surface area contributed by atoms with E-state index in [-0.39, 0.29) is 17.4 Å². The first-order valence-electron chi connectivity index (χ1n) is 7.64. The highest BCUT2D eigenvalue weighted by molar-refractivity contribution is 7.15. The summed E-state index contributed by atoms with van der Waals surface area (Å²) in [5.74, 6) is 0.611. The van der Waals surface area contributed by atoms with Crippen molar-refractivity contribution in [1.29, 1.82) is 0 Å². The van der Waals surface area contributed by atoms with Gasteiger partial charge >= 0.3 is 0 Å². The number of rotatable bonds is 5. The van der Waals surface area contributed by atoms with Crippen molar-refractivity contribution < 1.29 is 13.7 Å². The van der Waals surface area contributed by atoms with E-state index < -0.39 is 0 Å². The van der Waals surface area contributed by atoms with Crippen LogP contribution >= 0.6 is 11.3 Å². The molecule has 0 saturated heterocycles. The summed E-state index contributed by atoms with van der Waals surface area (Å²) in [7, 11) is 0. The monoisotopic (exact) mass is 343 g/mol. The van der Waals surface area contributed by atoms with Crippen molar-refractivity contribution in [2.45, 2.75) is 25.2 Å². The molecule has 122 valence electrons. The van der Waals surface area contributed by atoms with Gasteiger partial charge in [0.2, 0.25) is 0 Å². The third-order valence-corrected chi connectivity index (χ3v) is 4.72. The van der Waals surface area contributed by atoms with Gasteiger partial charge in [-0.05, 0) is 30.5 Å². The van der Waals surface area contributed by atoms with Crippen LogP contribution in [0.1, 0.15) is 45.4 Å². The third-order valence-electron chi connectivity index (χ3n) is 3.81. The van der Waals surface area contributed by atoms with Crippen molar-refractivity contribution in [3.8, 4) is 0 Å². The number of hydrogen-bond donors (Lipinski definition) is 1. The Morgan fingerprint density at radius 2 is 2.12 bits per heavy atom.